The number of nitrogens with one attached hydrogen (secondary N) is 1. The smallest absolute Gasteiger partial charge is 0.326 e. The second-order valence-electron chi connectivity index (χ2n) is 5.82. The fraction of sp³-hybridized carbons (Fsp3) is 0.846. The zero-order valence-corrected chi connectivity index (χ0v) is 12.2. The maximum absolute atomic E-state index is 12.0. The second kappa shape index (κ2) is 6.75. The number of nitrogens with zero attached hydrogens (tertiary/aromatic N) is 2. The lowest BCUT2D eigenvalue weighted by molar-refractivity contribution is -0.139. The largest absolute Gasteiger partial charge is 0.480 e. The predicted molar refractivity (Wildman–Crippen MR) is 73.1 cm³/mol. The first kappa shape index (κ1) is 15.8. The molecule has 19 heavy (non-hydrogen) atoms. The van der Waals surface area contributed by atoms with Crippen molar-refractivity contribution in [3.8, 4) is 0 Å². The zero-order chi connectivity index (χ0) is 14.6. The third-order valence-electron chi connectivity index (χ3n) is 3.48. The Kier molecular flexibility index (Phi) is 5.60. The summed E-state index contributed by atoms with van der Waals surface area (Å²) in [6.45, 7) is 5.23. The first-order valence-corrected chi connectivity index (χ1v) is 6.76. The SMILES string of the molecule is CC(C)C[C@H](NC(=O)N1CCC(N(C)C)C1)C(=O)O. The Morgan fingerprint density at radius 3 is 2.47 bits per heavy atom. The molecule has 1 rings (SSSR count). The highest BCUT2D eigenvalue weighted by Crippen LogP contribution is 2.14. The van der Waals surface area contributed by atoms with E-state index in [1.165, 1.54) is 0 Å². The summed E-state index contributed by atoms with van der Waals surface area (Å²) in [5.74, 6) is -0.736. The number of amides is 2. The third kappa shape index (κ3) is 4.70. The average Bonchev–Trinajstić information content (AvgIpc) is 2.76. The zero-order valence-electron chi connectivity index (χ0n) is 12.2. The Morgan fingerprint density at radius 1 is 1.42 bits per heavy atom. The molecule has 0 aromatic carbocycles. The van der Waals surface area contributed by atoms with Gasteiger partial charge in [-0.25, -0.2) is 9.59 Å². The van der Waals surface area contributed by atoms with Crippen LogP contribution in [0.3, 0.4) is 0 Å². The molecule has 2 atom stereocenters. The van der Waals surface area contributed by atoms with Gasteiger partial charge < -0.3 is 20.2 Å². The van der Waals surface area contributed by atoms with Crippen molar-refractivity contribution in [1.82, 2.24) is 15.1 Å². The molecule has 1 fully saturated rings. The lowest BCUT2D eigenvalue weighted by Crippen LogP contribution is -2.48. The van der Waals surface area contributed by atoms with Gasteiger partial charge in [-0.15, -0.1) is 0 Å². The molecule has 0 aromatic heterocycles. The van der Waals surface area contributed by atoms with E-state index >= 15 is 0 Å². The second-order valence-corrected chi connectivity index (χ2v) is 5.82. The van der Waals surface area contributed by atoms with Crippen LogP contribution in [-0.4, -0.2) is 66.2 Å². The minimum atomic E-state index is -0.967. The van der Waals surface area contributed by atoms with Crippen molar-refractivity contribution in [3.05, 3.63) is 0 Å². The number of carbonyl (C=O) groups excluding carboxylic acids is 1. The molecule has 2 N–H and O–H groups in total. The first-order valence-electron chi connectivity index (χ1n) is 6.76. The third-order valence-corrected chi connectivity index (χ3v) is 3.48. The number of likely N-dealkylation sites (N-methyl/N-ethyl adjacent to an activating group) is 1. The Bertz CT molecular complexity index is 331. The molecule has 0 radical (unpaired) electrons. The molecule has 0 saturated carbocycles. The minimum absolute atomic E-state index is 0.231. The highest BCUT2D eigenvalue weighted by molar-refractivity contribution is 5.82. The molecule has 1 aliphatic heterocycles. The average molecular weight is 271 g/mol. The number of aliphatic carboxylic acids is 1. The van der Waals surface area contributed by atoms with Crippen LogP contribution in [0.1, 0.15) is 26.7 Å². The van der Waals surface area contributed by atoms with Crippen molar-refractivity contribution in [1.29, 1.82) is 0 Å². The Hall–Kier alpha value is -1.30. The molecule has 0 bridgehead atoms. The van der Waals surface area contributed by atoms with Crippen molar-refractivity contribution >= 4 is 12.0 Å². The van der Waals surface area contributed by atoms with Gasteiger partial charge in [0.1, 0.15) is 6.04 Å². The van der Waals surface area contributed by atoms with E-state index in [0.717, 1.165) is 6.42 Å². The van der Waals surface area contributed by atoms with E-state index in [4.69, 9.17) is 5.11 Å². The van der Waals surface area contributed by atoms with E-state index in [1.807, 2.05) is 27.9 Å². The maximum Gasteiger partial charge on any atom is 0.326 e. The topological polar surface area (TPSA) is 72.9 Å². The molecule has 1 unspecified atom stereocenters. The number of carbonyl (C=O) groups is 2. The van der Waals surface area contributed by atoms with Crippen LogP contribution in [0.15, 0.2) is 0 Å². The Balaban J connectivity index is 2.51. The van der Waals surface area contributed by atoms with Crippen LogP contribution in [0, 0.1) is 5.92 Å². The van der Waals surface area contributed by atoms with Gasteiger partial charge in [-0.3, -0.25) is 0 Å². The molecule has 1 heterocycles. The van der Waals surface area contributed by atoms with Gasteiger partial charge in [0, 0.05) is 19.1 Å². The number of rotatable bonds is 5. The van der Waals surface area contributed by atoms with E-state index in [0.29, 0.717) is 25.6 Å². The normalized spacial score (nSPS) is 20.9. The molecule has 1 aliphatic rings. The van der Waals surface area contributed by atoms with Crippen LogP contribution >= 0.6 is 0 Å². The monoisotopic (exact) mass is 271 g/mol. The minimum Gasteiger partial charge on any atom is -0.480 e. The van der Waals surface area contributed by atoms with Gasteiger partial charge in [0.25, 0.3) is 0 Å². The van der Waals surface area contributed by atoms with Gasteiger partial charge in [-0.1, -0.05) is 13.8 Å². The van der Waals surface area contributed by atoms with Gasteiger partial charge >= 0.3 is 12.0 Å². The summed E-state index contributed by atoms with van der Waals surface area (Å²) < 4.78 is 0. The first-order chi connectivity index (χ1) is 8.81. The molecule has 0 aromatic rings. The summed E-state index contributed by atoms with van der Waals surface area (Å²) in [4.78, 5) is 26.9. The molecule has 1 saturated heterocycles. The predicted octanol–water partition coefficient (Wildman–Crippen LogP) is 0.831. The molecule has 2 amide bonds. The highest BCUT2D eigenvalue weighted by Gasteiger charge is 2.30. The van der Waals surface area contributed by atoms with Gasteiger partial charge in [0.15, 0.2) is 0 Å². The number of carboxylic acid groups (broad SMARTS) is 1. The van der Waals surface area contributed by atoms with Crippen LogP contribution in [0.4, 0.5) is 4.79 Å². The number of hydrogen-bond donors (Lipinski definition) is 2. The van der Waals surface area contributed by atoms with Gasteiger partial charge in [-0.2, -0.15) is 0 Å². The molecule has 0 aliphatic carbocycles. The van der Waals surface area contributed by atoms with E-state index in [9.17, 15) is 9.59 Å². The summed E-state index contributed by atoms with van der Waals surface area (Å²) in [5.41, 5.74) is 0. The molecular formula is C13H25N3O3. The fourth-order valence-electron chi connectivity index (χ4n) is 2.28. The van der Waals surface area contributed by atoms with Crippen molar-refractivity contribution in [2.45, 2.75) is 38.8 Å². The summed E-state index contributed by atoms with van der Waals surface area (Å²) in [5, 5.41) is 11.7. The molecule has 0 spiro atoms. The number of carboxylic acids is 1. The standard InChI is InChI=1S/C13H25N3O3/c1-9(2)7-11(12(17)18)14-13(19)16-6-5-10(8-16)15(3)4/h9-11H,5-8H2,1-4H3,(H,14,19)(H,17,18)/t10?,11-/m0/s1. The van der Waals surface area contributed by atoms with Gasteiger partial charge in [0.05, 0.1) is 0 Å². The lowest BCUT2D eigenvalue weighted by atomic mass is 10.0. The number of hydrogen-bond acceptors (Lipinski definition) is 3. The summed E-state index contributed by atoms with van der Waals surface area (Å²) in [7, 11) is 3.98. The van der Waals surface area contributed by atoms with Crippen molar-refractivity contribution in [3.63, 3.8) is 0 Å². The van der Waals surface area contributed by atoms with Crippen molar-refractivity contribution in [2.24, 2.45) is 5.92 Å². The molecule has 6 nitrogen and oxygen atoms in total. The number of urea groups is 1. The molecular weight excluding hydrogens is 246 g/mol. The number of likely N-dealkylation sites (tertiary alicyclic amines) is 1. The highest BCUT2D eigenvalue weighted by atomic mass is 16.4. The van der Waals surface area contributed by atoms with Crippen molar-refractivity contribution in [2.75, 3.05) is 27.2 Å². The molecule has 110 valence electrons. The van der Waals surface area contributed by atoms with Crippen molar-refractivity contribution < 1.29 is 14.7 Å². The summed E-state index contributed by atoms with van der Waals surface area (Å²) >= 11 is 0. The Labute approximate surface area is 114 Å². The van der Waals surface area contributed by atoms with E-state index in [-0.39, 0.29) is 11.9 Å². The van der Waals surface area contributed by atoms with Gasteiger partial charge in [-0.05, 0) is 32.9 Å². The fourth-order valence-corrected chi connectivity index (χ4v) is 2.28. The van der Waals surface area contributed by atoms with E-state index in [1.54, 1.807) is 4.90 Å². The molecule has 6 heteroatoms. The quantitative estimate of drug-likeness (QED) is 0.777. The maximum atomic E-state index is 12.0. The summed E-state index contributed by atoms with van der Waals surface area (Å²) in [6.07, 6.45) is 1.38. The Morgan fingerprint density at radius 2 is 2.05 bits per heavy atom. The van der Waals surface area contributed by atoms with Crippen LogP contribution in [0.5, 0.6) is 0 Å². The van der Waals surface area contributed by atoms with E-state index in [2.05, 4.69) is 10.2 Å². The van der Waals surface area contributed by atoms with Crippen LogP contribution in [0.25, 0.3) is 0 Å². The summed E-state index contributed by atoms with van der Waals surface area (Å²) in [6, 6.07) is -0.706. The van der Waals surface area contributed by atoms with Crippen LogP contribution in [0.2, 0.25) is 0 Å². The van der Waals surface area contributed by atoms with Crippen LogP contribution in [-0.2, 0) is 4.79 Å². The lowest BCUT2D eigenvalue weighted by Gasteiger charge is -2.23. The van der Waals surface area contributed by atoms with Gasteiger partial charge in [0.2, 0.25) is 0 Å². The van der Waals surface area contributed by atoms with E-state index < -0.39 is 12.0 Å². The van der Waals surface area contributed by atoms with Crippen LogP contribution < -0.4 is 5.32 Å².